The number of hydrogen-bond acceptors (Lipinski definition) is 5. The van der Waals surface area contributed by atoms with E-state index < -0.39 is 12.4 Å². The van der Waals surface area contributed by atoms with Crippen molar-refractivity contribution in [2.75, 3.05) is 20.3 Å². The highest BCUT2D eigenvalue weighted by molar-refractivity contribution is 9.39. The first-order chi connectivity index (χ1) is 14.4. The Bertz CT molecular complexity index is 518. The van der Waals surface area contributed by atoms with Crippen molar-refractivity contribution in [2.24, 2.45) is 0 Å². The molecule has 0 bridgehead atoms. The van der Waals surface area contributed by atoms with E-state index >= 15 is 0 Å². The van der Waals surface area contributed by atoms with E-state index in [1.807, 2.05) is 0 Å². The fourth-order valence-corrected chi connectivity index (χ4v) is 3.40. The van der Waals surface area contributed by atoms with Crippen LogP contribution >= 0.6 is 21.8 Å². The molecule has 0 amide bonds. The molecule has 0 fully saturated rings. The Hall–Kier alpha value is -0.460. The Morgan fingerprint density at radius 1 is 0.967 bits per heavy atom. The Morgan fingerprint density at radius 3 is 2.17 bits per heavy atom. The second-order valence-corrected chi connectivity index (χ2v) is 11.1. The van der Waals surface area contributed by atoms with E-state index in [1.165, 1.54) is 45.6 Å². The van der Waals surface area contributed by atoms with E-state index in [4.69, 9.17) is 18.9 Å². The molecule has 1 N–H and O–H groups in total. The molecule has 8 heteroatoms. The van der Waals surface area contributed by atoms with Gasteiger partial charge in [0.15, 0.2) is 0 Å². The van der Waals surface area contributed by atoms with Gasteiger partial charge in [-0.3, -0.25) is 9.32 Å². The molecule has 0 saturated heterocycles. The summed E-state index contributed by atoms with van der Waals surface area (Å²) in [5.74, 6) is -0.284. The van der Waals surface area contributed by atoms with Gasteiger partial charge in [-0.05, 0) is 38.5 Å². The van der Waals surface area contributed by atoms with Gasteiger partial charge in [-0.1, -0.05) is 63.3 Å². The highest BCUT2D eigenvalue weighted by Gasteiger charge is 2.18. The molecule has 0 aliphatic heterocycles. The first-order valence-corrected chi connectivity index (χ1v) is 14.6. The van der Waals surface area contributed by atoms with Crippen molar-refractivity contribution in [3.05, 3.63) is 24.3 Å². The quantitative estimate of drug-likeness (QED) is 0.0832. The molecule has 6 nitrogen and oxygen atoms in total. The average molecular weight is 511 g/mol. The Balaban J connectivity index is 3.53. The van der Waals surface area contributed by atoms with Gasteiger partial charge in [-0.15, -0.1) is 0 Å². The number of rotatable bonds is 20. The molecule has 0 spiro atoms. The number of halogens is 1. The van der Waals surface area contributed by atoms with E-state index in [-0.39, 0.29) is 19.2 Å². The van der Waals surface area contributed by atoms with E-state index in [0.29, 0.717) is 6.42 Å². The summed E-state index contributed by atoms with van der Waals surface area (Å²) in [6.45, 7) is 2.10. The smallest absolute Gasteiger partial charge is 0.393 e. The zero-order chi connectivity index (χ0) is 22.5. The minimum Gasteiger partial charge on any atom is -0.463 e. The van der Waals surface area contributed by atoms with Gasteiger partial charge < -0.3 is 14.4 Å². The van der Waals surface area contributed by atoms with Crippen LogP contribution in [0.2, 0.25) is 0 Å². The highest BCUT2D eigenvalue weighted by atomic mass is 79.9. The second-order valence-electron chi connectivity index (χ2n) is 7.27. The standard InChI is InChI=1S/C22H40BrO6P/c1-3-4-5-6-7-8-9-10-11-12-13-14-15-16-17-18-22(24)28-19-21(27-2)20-29-30(23,25)26/h7-8,10-11,21H,3-6,9,12-20H2,1-2H3,(H,25,26)/b8-7-,11-10-. The first-order valence-electron chi connectivity index (χ1n) is 11.0. The number of esters is 1. The van der Waals surface area contributed by atoms with Crippen LogP contribution in [0.3, 0.4) is 0 Å². The molecule has 0 saturated carbocycles. The van der Waals surface area contributed by atoms with Crippen molar-refractivity contribution in [1.29, 1.82) is 0 Å². The highest BCUT2D eigenvalue weighted by Crippen LogP contribution is 2.50. The number of hydrogen-bond donors (Lipinski definition) is 1. The third-order valence-electron chi connectivity index (χ3n) is 4.51. The van der Waals surface area contributed by atoms with Crippen LogP contribution < -0.4 is 0 Å². The van der Waals surface area contributed by atoms with Crippen LogP contribution in [0.15, 0.2) is 24.3 Å². The second kappa shape index (κ2) is 20.4. The Labute approximate surface area is 190 Å². The summed E-state index contributed by atoms with van der Waals surface area (Å²) >= 11 is 2.52. The number of ether oxygens (including phenoxy) is 2. The van der Waals surface area contributed by atoms with Gasteiger partial charge in [-0.25, -0.2) is 4.57 Å². The van der Waals surface area contributed by atoms with Crippen LogP contribution in [0.5, 0.6) is 0 Å². The summed E-state index contributed by atoms with van der Waals surface area (Å²) in [5.41, 5.74) is 0. The van der Waals surface area contributed by atoms with Gasteiger partial charge in [0.2, 0.25) is 0 Å². The van der Waals surface area contributed by atoms with E-state index in [0.717, 1.165) is 32.1 Å². The number of allylic oxidation sites excluding steroid dienone is 4. The molecule has 2 atom stereocenters. The Morgan fingerprint density at radius 2 is 1.57 bits per heavy atom. The summed E-state index contributed by atoms with van der Waals surface area (Å²) in [6.07, 6.45) is 17.6. The molecule has 0 radical (unpaired) electrons. The molecular formula is C22H40BrO6P. The molecule has 176 valence electrons. The normalized spacial score (nSPS) is 14.9. The Kier molecular flexibility index (Phi) is 20.1. The van der Waals surface area contributed by atoms with Crippen molar-refractivity contribution in [2.45, 2.75) is 90.1 Å². The molecule has 0 aliphatic rings. The van der Waals surface area contributed by atoms with Crippen LogP contribution in [0.4, 0.5) is 0 Å². The fourth-order valence-electron chi connectivity index (χ4n) is 2.70. The third-order valence-corrected chi connectivity index (χ3v) is 5.60. The van der Waals surface area contributed by atoms with Crippen molar-refractivity contribution in [3.63, 3.8) is 0 Å². The lowest BCUT2D eigenvalue weighted by atomic mass is 10.1. The molecule has 0 heterocycles. The molecular weight excluding hydrogens is 471 g/mol. The summed E-state index contributed by atoms with van der Waals surface area (Å²) in [4.78, 5) is 20.8. The third kappa shape index (κ3) is 22.2. The maximum atomic E-state index is 11.8. The largest absolute Gasteiger partial charge is 0.463 e. The molecule has 30 heavy (non-hydrogen) atoms. The minimum absolute atomic E-state index is 0.00258. The molecule has 0 aromatic rings. The van der Waals surface area contributed by atoms with Crippen LogP contribution in [0.1, 0.15) is 84.0 Å². The van der Waals surface area contributed by atoms with Crippen LogP contribution in [-0.2, 0) is 23.4 Å². The van der Waals surface area contributed by atoms with E-state index in [9.17, 15) is 9.36 Å². The van der Waals surface area contributed by atoms with Crippen LogP contribution in [-0.4, -0.2) is 37.3 Å². The van der Waals surface area contributed by atoms with Gasteiger partial charge in [0.05, 0.1) is 6.61 Å². The zero-order valence-electron chi connectivity index (χ0n) is 18.6. The summed E-state index contributed by atoms with van der Waals surface area (Å²) < 4.78 is 25.9. The van der Waals surface area contributed by atoms with Crippen molar-refractivity contribution in [3.8, 4) is 0 Å². The summed E-state index contributed by atoms with van der Waals surface area (Å²) in [6, 6.07) is 0. The van der Waals surface area contributed by atoms with Crippen molar-refractivity contribution >= 4 is 27.8 Å². The molecule has 0 aromatic carbocycles. The lowest BCUT2D eigenvalue weighted by Crippen LogP contribution is -2.25. The molecule has 0 aromatic heterocycles. The van der Waals surface area contributed by atoms with Gasteiger partial charge in [0, 0.05) is 29.0 Å². The summed E-state index contributed by atoms with van der Waals surface area (Å²) in [7, 11) is 1.43. The molecule has 0 aliphatic carbocycles. The first kappa shape index (κ1) is 29.5. The van der Waals surface area contributed by atoms with Gasteiger partial charge in [0.1, 0.15) is 12.7 Å². The lowest BCUT2D eigenvalue weighted by molar-refractivity contribution is -0.148. The zero-order valence-corrected chi connectivity index (χ0v) is 21.1. The van der Waals surface area contributed by atoms with Crippen molar-refractivity contribution < 1.29 is 28.3 Å². The maximum Gasteiger partial charge on any atom is 0.393 e. The predicted molar refractivity (Wildman–Crippen MR) is 126 cm³/mol. The van der Waals surface area contributed by atoms with Gasteiger partial charge >= 0.3 is 12.3 Å². The topological polar surface area (TPSA) is 82.1 Å². The van der Waals surface area contributed by atoms with Crippen LogP contribution in [0, 0.1) is 0 Å². The molecule has 2 unspecified atom stereocenters. The summed E-state index contributed by atoms with van der Waals surface area (Å²) in [5, 5.41) is 0. The maximum absolute atomic E-state index is 11.8. The predicted octanol–water partition coefficient (Wildman–Crippen LogP) is 6.87. The van der Waals surface area contributed by atoms with E-state index in [1.54, 1.807) is 0 Å². The fraction of sp³-hybridized carbons (Fsp3) is 0.773. The van der Waals surface area contributed by atoms with Gasteiger partial charge in [-0.2, -0.15) is 0 Å². The van der Waals surface area contributed by atoms with E-state index in [2.05, 4.69) is 46.7 Å². The van der Waals surface area contributed by atoms with Gasteiger partial charge in [0.25, 0.3) is 0 Å². The van der Waals surface area contributed by atoms with Crippen molar-refractivity contribution in [1.82, 2.24) is 0 Å². The minimum atomic E-state index is -3.74. The number of methoxy groups -OCH3 is 1. The SMILES string of the molecule is CCCCC/C=C\C/C=C\CCCCCCCC(=O)OCC(COP(=O)(O)Br)OC. The lowest BCUT2D eigenvalue weighted by Gasteiger charge is -2.16. The number of carbonyl (C=O) groups is 1. The monoisotopic (exact) mass is 510 g/mol. The number of unbranched alkanes of at least 4 members (excludes halogenated alkanes) is 8. The van der Waals surface area contributed by atoms with Crippen LogP contribution in [0.25, 0.3) is 0 Å². The number of carbonyl (C=O) groups excluding carboxylic acids is 1. The molecule has 0 rings (SSSR count). The average Bonchev–Trinajstić information content (AvgIpc) is 2.70.